The second-order valence-corrected chi connectivity index (χ2v) is 7.09. The van der Waals surface area contributed by atoms with Gasteiger partial charge in [-0.2, -0.15) is 0 Å². The van der Waals surface area contributed by atoms with Gasteiger partial charge in [0, 0.05) is 16.6 Å². The van der Waals surface area contributed by atoms with Crippen molar-refractivity contribution in [2.24, 2.45) is 0 Å². The molecule has 1 saturated carbocycles. The maximum absolute atomic E-state index is 13.6. The number of rotatable bonds is 4. The van der Waals surface area contributed by atoms with Crippen molar-refractivity contribution in [1.82, 2.24) is 10.3 Å². The Hall–Kier alpha value is -2.69. The molecule has 0 unspecified atom stereocenters. The van der Waals surface area contributed by atoms with Crippen LogP contribution < -0.4 is 5.32 Å². The predicted octanol–water partition coefficient (Wildman–Crippen LogP) is 4.49. The van der Waals surface area contributed by atoms with Crippen LogP contribution in [0.5, 0.6) is 0 Å². The average Bonchev–Trinajstić information content (AvgIpc) is 2.87. The highest BCUT2D eigenvalue weighted by molar-refractivity contribution is 5.90. The third kappa shape index (κ3) is 2.87. The van der Waals surface area contributed by atoms with Crippen molar-refractivity contribution in [3.05, 3.63) is 70.9 Å². The molecular formula is C21H20F2N2O. The van der Waals surface area contributed by atoms with Crippen LogP contribution in [0.3, 0.4) is 0 Å². The maximum atomic E-state index is 13.6. The number of halogens is 2. The van der Waals surface area contributed by atoms with E-state index in [0.717, 1.165) is 47.0 Å². The van der Waals surface area contributed by atoms with E-state index in [1.54, 1.807) is 18.2 Å². The van der Waals surface area contributed by atoms with Crippen LogP contribution in [0.15, 0.2) is 42.5 Å². The Balaban J connectivity index is 1.58. The van der Waals surface area contributed by atoms with Crippen LogP contribution in [-0.4, -0.2) is 10.9 Å². The van der Waals surface area contributed by atoms with E-state index in [9.17, 15) is 13.6 Å². The molecule has 1 aliphatic carbocycles. The number of fused-ring (bicyclic) bond motifs is 1. The van der Waals surface area contributed by atoms with E-state index in [1.807, 2.05) is 6.92 Å². The summed E-state index contributed by atoms with van der Waals surface area (Å²) in [7, 11) is 0. The lowest BCUT2D eigenvalue weighted by molar-refractivity contribution is -0.123. The Morgan fingerprint density at radius 2 is 1.81 bits per heavy atom. The summed E-state index contributed by atoms with van der Waals surface area (Å²) in [5.74, 6) is -0.715. The van der Waals surface area contributed by atoms with Crippen molar-refractivity contribution >= 4 is 16.8 Å². The molecule has 0 bridgehead atoms. The molecule has 0 aliphatic heterocycles. The minimum atomic E-state index is -0.421. The molecule has 1 aromatic heterocycles. The molecule has 5 heteroatoms. The molecule has 0 saturated heterocycles. The smallest absolute Gasteiger partial charge is 0.225 e. The first-order valence-electron chi connectivity index (χ1n) is 8.81. The largest absolute Gasteiger partial charge is 0.358 e. The molecule has 26 heavy (non-hydrogen) atoms. The monoisotopic (exact) mass is 354 g/mol. The number of hydrogen-bond acceptors (Lipinski definition) is 1. The third-order valence-electron chi connectivity index (χ3n) is 5.40. The van der Waals surface area contributed by atoms with Crippen LogP contribution in [0.4, 0.5) is 8.78 Å². The van der Waals surface area contributed by atoms with Crippen molar-refractivity contribution in [2.75, 3.05) is 0 Å². The maximum Gasteiger partial charge on any atom is 0.225 e. The molecule has 0 spiro atoms. The van der Waals surface area contributed by atoms with Gasteiger partial charge in [0.25, 0.3) is 0 Å². The molecule has 1 amide bonds. The molecule has 4 rings (SSSR count). The fraction of sp³-hybridized carbons (Fsp3) is 0.286. The molecule has 0 atom stereocenters. The van der Waals surface area contributed by atoms with Crippen molar-refractivity contribution in [3.8, 4) is 0 Å². The number of hydrogen-bond donors (Lipinski definition) is 2. The zero-order valence-corrected chi connectivity index (χ0v) is 14.5. The number of aromatic nitrogens is 1. The number of nitrogens with one attached hydrogen (secondary N) is 2. The van der Waals surface area contributed by atoms with Crippen LogP contribution >= 0.6 is 0 Å². The number of amides is 1. The van der Waals surface area contributed by atoms with E-state index in [2.05, 4.69) is 10.3 Å². The minimum absolute atomic E-state index is 0.109. The van der Waals surface area contributed by atoms with Gasteiger partial charge in [0.2, 0.25) is 5.91 Å². The number of carbonyl (C=O) groups is 1. The topological polar surface area (TPSA) is 44.9 Å². The summed E-state index contributed by atoms with van der Waals surface area (Å²) in [6.07, 6.45) is 2.88. The molecule has 0 radical (unpaired) electrons. The molecule has 3 nitrogen and oxygen atoms in total. The highest BCUT2D eigenvalue weighted by Crippen LogP contribution is 2.41. The van der Waals surface area contributed by atoms with Gasteiger partial charge in [0.15, 0.2) is 0 Å². The number of H-pyrrole nitrogens is 1. The van der Waals surface area contributed by atoms with Crippen LogP contribution in [0.2, 0.25) is 0 Å². The SMILES string of the molecule is Cc1[nH]c2ccc(F)cc2c1CC(=O)NC1(c2ccc(F)cc2)CCC1. The molecule has 134 valence electrons. The Morgan fingerprint density at radius 3 is 2.46 bits per heavy atom. The summed E-state index contributed by atoms with van der Waals surface area (Å²) >= 11 is 0. The molecule has 2 N–H and O–H groups in total. The van der Waals surface area contributed by atoms with Gasteiger partial charge in [0.05, 0.1) is 12.0 Å². The quantitative estimate of drug-likeness (QED) is 0.712. The van der Waals surface area contributed by atoms with Gasteiger partial charge >= 0.3 is 0 Å². The van der Waals surface area contributed by atoms with E-state index in [0.29, 0.717) is 0 Å². The fourth-order valence-corrected chi connectivity index (χ4v) is 3.84. The van der Waals surface area contributed by atoms with Gasteiger partial charge < -0.3 is 10.3 Å². The van der Waals surface area contributed by atoms with Crippen molar-refractivity contribution in [3.63, 3.8) is 0 Å². The molecule has 1 heterocycles. The van der Waals surface area contributed by atoms with E-state index in [1.165, 1.54) is 24.3 Å². The Kier molecular flexibility index (Phi) is 4.02. The molecule has 1 aliphatic rings. The van der Waals surface area contributed by atoms with Crippen LogP contribution in [0.1, 0.15) is 36.1 Å². The van der Waals surface area contributed by atoms with Gasteiger partial charge in [-0.15, -0.1) is 0 Å². The van der Waals surface area contributed by atoms with Crippen LogP contribution in [0.25, 0.3) is 10.9 Å². The summed E-state index contributed by atoms with van der Waals surface area (Å²) in [6, 6.07) is 10.9. The zero-order chi connectivity index (χ0) is 18.3. The number of aromatic amines is 1. The summed E-state index contributed by atoms with van der Waals surface area (Å²) in [4.78, 5) is 15.9. The van der Waals surface area contributed by atoms with Gasteiger partial charge in [-0.3, -0.25) is 4.79 Å². The first kappa shape index (κ1) is 16.8. The van der Waals surface area contributed by atoms with Gasteiger partial charge in [-0.05, 0) is 67.6 Å². The van der Waals surface area contributed by atoms with Crippen molar-refractivity contribution < 1.29 is 13.6 Å². The molecule has 1 fully saturated rings. The van der Waals surface area contributed by atoms with Gasteiger partial charge in [-0.25, -0.2) is 8.78 Å². The normalized spacial score (nSPS) is 15.7. The van der Waals surface area contributed by atoms with E-state index < -0.39 is 5.54 Å². The highest BCUT2D eigenvalue weighted by Gasteiger charge is 2.40. The van der Waals surface area contributed by atoms with E-state index >= 15 is 0 Å². The summed E-state index contributed by atoms with van der Waals surface area (Å²) in [6.45, 7) is 1.89. The van der Waals surface area contributed by atoms with E-state index in [4.69, 9.17) is 0 Å². The molecule has 2 aromatic carbocycles. The number of carbonyl (C=O) groups excluding carboxylic acids is 1. The number of aryl methyl sites for hydroxylation is 1. The third-order valence-corrected chi connectivity index (χ3v) is 5.40. The zero-order valence-electron chi connectivity index (χ0n) is 14.5. The van der Waals surface area contributed by atoms with Crippen LogP contribution in [0, 0.1) is 18.6 Å². The lowest BCUT2D eigenvalue weighted by atomic mass is 9.71. The average molecular weight is 354 g/mol. The van der Waals surface area contributed by atoms with Crippen molar-refractivity contribution in [2.45, 2.75) is 38.1 Å². The molecular weight excluding hydrogens is 334 g/mol. The van der Waals surface area contributed by atoms with Gasteiger partial charge in [-0.1, -0.05) is 12.1 Å². The van der Waals surface area contributed by atoms with Crippen molar-refractivity contribution in [1.29, 1.82) is 0 Å². The lowest BCUT2D eigenvalue weighted by Crippen LogP contribution is -2.51. The number of benzene rings is 2. The Morgan fingerprint density at radius 1 is 1.12 bits per heavy atom. The van der Waals surface area contributed by atoms with Gasteiger partial charge in [0.1, 0.15) is 11.6 Å². The molecule has 3 aromatic rings. The Bertz CT molecular complexity index is 972. The standard InChI is InChI=1S/C21H20F2N2O/c1-13-17(18-11-16(23)7-8-19(18)24-13)12-20(26)25-21(9-2-10-21)14-3-5-15(22)6-4-14/h3-8,11,24H,2,9-10,12H2,1H3,(H,25,26). The van der Waals surface area contributed by atoms with Crippen LogP contribution in [-0.2, 0) is 16.8 Å². The second kappa shape index (κ2) is 6.24. The summed E-state index contributed by atoms with van der Waals surface area (Å²) in [5, 5.41) is 3.88. The first-order chi connectivity index (χ1) is 12.5. The predicted molar refractivity (Wildman–Crippen MR) is 96.8 cm³/mol. The summed E-state index contributed by atoms with van der Waals surface area (Å²) < 4.78 is 26.8. The highest BCUT2D eigenvalue weighted by atomic mass is 19.1. The lowest BCUT2D eigenvalue weighted by Gasteiger charge is -2.43. The fourth-order valence-electron chi connectivity index (χ4n) is 3.84. The Labute approximate surface area is 150 Å². The first-order valence-corrected chi connectivity index (χ1v) is 8.81. The van der Waals surface area contributed by atoms with E-state index in [-0.39, 0.29) is 24.0 Å². The summed E-state index contributed by atoms with van der Waals surface area (Å²) in [5.41, 5.74) is 3.01. The minimum Gasteiger partial charge on any atom is -0.358 e. The second-order valence-electron chi connectivity index (χ2n) is 7.09.